The summed E-state index contributed by atoms with van der Waals surface area (Å²) in [5.41, 5.74) is 3.55. The van der Waals surface area contributed by atoms with E-state index in [2.05, 4.69) is 16.6 Å². The van der Waals surface area contributed by atoms with E-state index in [1.807, 2.05) is 66.3 Å². The van der Waals surface area contributed by atoms with Crippen molar-refractivity contribution in [2.75, 3.05) is 5.75 Å². The summed E-state index contributed by atoms with van der Waals surface area (Å²) in [4.78, 5) is 4.66. The molecule has 1 aromatic heterocycles. The second-order valence-corrected chi connectivity index (χ2v) is 12.6. The Morgan fingerprint density at radius 1 is 0.950 bits per heavy atom. The molecule has 8 nitrogen and oxygen atoms in total. The van der Waals surface area contributed by atoms with Crippen molar-refractivity contribution >= 4 is 21.8 Å². The Balaban J connectivity index is 1.32. The minimum Gasteiger partial charge on any atom is -0.392 e. The number of ether oxygens (including phenoxy) is 2. The van der Waals surface area contributed by atoms with Crippen LogP contribution in [-0.4, -0.2) is 34.9 Å². The van der Waals surface area contributed by atoms with E-state index in [0.29, 0.717) is 5.75 Å². The van der Waals surface area contributed by atoms with Crippen LogP contribution in [0, 0.1) is 5.92 Å². The molecule has 2 N–H and O–H groups in total. The number of aliphatic hydroxyl groups excluding tert-OH is 1. The topological polar surface area (TPSA) is 103 Å². The van der Waals surface area contributed by atoms with Gasteiger partial charge in [-0.2, -0.15) is 0 Å². The minimum atomic E-state index is -3.60. The van der Waals surface area contributed by atoms with Crippen LogP contribution < -0.4 is 4.72 Å². The fourth-order valence-corrected chi connectivity index (χ4v) is 6.75. The zero-order valence-corrected chi connectivity index (χ0v) is 24.0. The van der Waals surface area contributed by atoms with Crippen LogP contribution in [0.15, 0.2) is 101 Å². The molecular weight excluding hydrogens is 546 g/mol. The van der Waals surface area contributed by atoms with Crippen molar-refractivity contribution < 1.29 is 23.0 Å². The number of benzene rings is 3. The van der Waals surface area contributed by atoms with Gasteiger partial charge in [-0.15, -0.1) is 0 Å². The molecule has 0 amide bonds. The Kier molecular flexibility index (Phi) is 9.04. The molecule has 0 spiro atoms. The van der Waals surface area contributed by atoms with Gasteiger partial charge in [0.05, 0.1) is 23.7 Å². The van der Waals surface area contributed by atoms with Gasteiger partial charge in [0.15, 0.2) is 11.4 Å². The highest BCUT2D eigenvalue weighted by molar-refractivity contribution is 7.99. The average Bonchev–Trinajstić information content (AvgIpc) is 3.40. The van der Waals surface area contributed by atoms with Gasteiger partial charge < -0.3 is 19.1 Å². The van der Waals surface area contributed by atoms with Gasteiger partial charge >= 0.3 is 0 Å². The summed E-state index contributed by atoms with van der Waals surface area (Å²) < 4.78 is 42.9. The predicted octanol–water partition coefficient (Wildman–Crippen LogP) is 4.97. The van der Waals surface area contributed by atoms with Gasteiger partial charge in [-0.25, -0.2) is 18.1 Å². The first kappa shape index (κ1) is 28.5. The zero-order chi connectivity index (χ0) is 28.1. The van der Waals surface area contributed by atoms with Crippen molar-refractivity contribution in [2.45, 2.75) is 48.6 Å². The molecule has 210 valence electrons. The normalized spacial score (nSPS) is 21.4. The van der Waals surface area contributed by atoms with Crippen molar-refractivity contribution in [3.63, 3.8) is 0 Å². The highest BCUT2D eigenvalue weighted by atomic mass is 32.2. The van der Waals surface area contributed by atoms with Crippen LogP contribution >= 0.6 is 11.8 Å². The van der Waals surface area contributed by atoms with Gasteiger partial charge in [0, 0.05) is 43.2 Å². The first-order chi connectivity index (χ1) is 19.3. The van der Waals surface area contributed by atoms with E-state index in [0.717, 1.165) is 27.4 Å². The molecule has 0 unspecified atom stereocenters. The number of sulfonamides is 1. The number of rotatable bonds is 10. The fourth-order valence-electron chi connectivity index (χ4n) is 4.61. The van der Waals surface area contributed by atoms with E-state index in [1.165, 1.54) is 0 Å². The van der Waals surface area contributed by atoms with E-state index in [1.54, 1.807) is 48.3 Å². The van der Waals surface area contributed by atoms with E-state index in [9.17, 15) is 13.5 Å². The highest BCUT2D eigenvalue weighted by Gasteiger charge is 2.38. The molecule has 0 radical (unpaired) electrons. The summed E-state index contributed by atoms with van der Waals surface area (Å²) in [6.07, 6.45) is 2.79. The number of aryl methyl sites for hydroxylation is 1. The van der Waals surface area contributed by atoms with Crippen molar-refractivity contribution in [1.82, 2.24) is 14.3 Å². The maximum atomic E-state index is 12.6. The van der Waals surface area contributed by atoms with Gasteiger partial charge in [0.1, 0.15) is 0 Å². The molecule has 1 aliphatic rings. The van der Waals surface area contributed by atoms with Crippen molar-refractivity contribution in [3.05, 3.63) is 114 Å². The van der Waals surface area contributed by atoms with Crippen molar-refractivity contribution in [2.24, 2.45) is 13.0 Å². The SMILES string of the molecule is C[C@H]1[C@@H](CSc2nccn2C)O[C@@H](c2ccc(CNS(=O)(=O)c3ccccc3)cc2)O[C@H]1c1ccc(CO)cc1. The Morgan fingerprint density at radius 2 is 1.62 bits per heavy atom. The lowest BCUT2D eigenvalue weighted by atomic mass is 9.91. The lowest BCUT2D eigenvalue weighted by Crippen LogP contribution is -2.38. The number of hydrogen-bond donors (Lipinski definition) is 2. The number of hydrogen-bond acceptors (Lipinski definition) is 7. The minimum absolute atomic E-state index is 0.0100. The largest absolute Gasteiger partial charge is 0.392 e. The molecule has 1 saturated heterocycles. The fraction of sp³-hybridized carbons (Fsp3) is 0.300. The lowest BCUT2D eigenvalue weighted by molar-refractivity contribution is -0.268. The van der Waals surface area contributed by atoms with E-state index >= 15 is 0 Å². The molecule has 5 rings (SSSR count). The van der Waals surface area contributed by atoms with Gasteiger partial charge in [0.2, 0.25) is 10.0 Å². The molecule has 1 aliphatic heterocycles. The summed E-state index contributed by atoms with van der Waals surface area (Å²) in [7, 11) is -1.63. The summed E-state index contributed by atoms with van der Waals surface area (Å²) in [6, 6.07) is 23.8. The van der Waals surface area contributed by atoms with Crippen LogP contribution in [0.5, 0.6) is 0 Å². The molecule has 10 heteroatoms. The molecule has 1 fully saturated rings. The van der Waals surface area contributed by atoms with Crippen LogP contribution in [0.25, 0.3) is 0 Å². The second kappa shape index (κ2) is 12.7. The van der Waals surface area contributed by atoms with Gasteiger partial charge in [-0.1, -0.05) is 85.4 Å². The van der Waals surface area contributed by atoms with Gasteiger partial charge in [-0.3, -0.25) is 0 Å². The van der Waals surface area contributed by atoms with Crippen LogP contribution in [0.3, 0.4) is 0 Å². The third-order valence-corrected chi connectivity index (χ3v) is 9.61. The van der Waals surface area contributed by atoms with Crippen LogP contribution in [0.2, 0.25) is 0 Å². The highest BCUT2D eigenvalue weighted by Crippen LogP contribution is 2.42. The van der Waals surface area contributed by atoms with Crippen LogP contribution in [-0.2, 0) is 39.7 Å². The summed E-state index contributed by atoms with van der Waals surface area (Å²) >= 11 is 1.65. The molecule has 0 saturated carbocycles. The number of nitrogens with one attached hydrogen (secondary N) is 1. The lowest BCUT2D eigenvalue weighted by Gasteiger charge is -2.41. The van der Waals surface area contributed by atoms with E-state index in [4.69, 9.17) is 9.47 Å². The first-order valence-electron chi connectivity index (χ1n) is 13.1. The number of aromatic nitrogens is 2. The summed E-state index contributed by atoms with van der Waals surface area (Å²) in [6.45, 7) is 2.29. The summed E-state index contributed by atoms with van der Waals surface area (Å²) in [5, 5.41) is 10.4. The monoisotopic (exact) mass is 579 g/mol. The van der Waals surface area contributed by atoms with Crippen molar-refractivity contribution in [1.29, 1.82) is 0 Å². The molecule has 2 heterocycles. The number of thioether (sulfide) groups is 1. The first-order valence-corrected chi connectivity index (χ1v) is 15.6. The van der Waals surface area contributed by atoms with E-state index < -0.39 is 16.3 Å². The number of nitrogens with zero attached hydrogens (tertiary/aromatic N) is 2. The van der Waals surface area contributed by atoms with Gasteiger partial charge in [-0.05, 0) is 28.8 Å². The molecule has 0 aliphatic carbocycles. The second-order valence-electron chi connectivity index (χ2n) is 9.83. The molecule has 3 aromatic carbocycles. The molecule has 4 aromatic rings. The molecule has 40 heavy (non-hydrogen) atoms. The number of imidazole rings is 1. The number of aliphatic hydroxyl groups is 1. The quantitative estimate of drug-likeness (QED) is 0.256. The Labute approximate surface area is 239 Å². The molecular formula is C30H33N3O5S2. The smallest absolute Gasteiger partial charge is 0.240 e. The Hall–Kier alpha value is -2.99. The molecule has 0 bridgehead atoms. The van der Waals surface area contributed by atoms with E-state index in [-0.39, 0.29) is 36.2 Å². The Morgan fingerprint density at radius 3 is 2.27 bits per heavy atom. The zero-order valence-electron chi connectivity index (χ0n) is 22.4. The average molecular weight is 580 g/mol. The van der Waals surface area contributed by atoms with Crippen molar-refractivity contribution in [3.8, 4) is 0 Å². The molecule has 4 atom stereocenters. The maximum Gasteiger partial charge on any atom is 0.240 e. The Bertz CT molecular complexity index is 1490. The van der Waals surface area contributed by atoms with Crippen LogP contribution in [0.4, 0.5) is 0 Å². The van der Waals surface area contributed by atoms with Crippen LogP contribution in [0.1, 0.15) is 41.6 Å². The third kappa shape index (κ3) is 6.65. The predicted molar refractivity (Wildman–Crippen MR) is 154 cm³/mol. The maximum absolute atomic E-state index is 12.6. The summed E-state index contributed by atoms with van der Waals surface area (Å²) in [5.74, 6) is 0.770. The standard InChI is InChI=1S/C30H33N3O5S2/c1-21-27(20-39-30-31-16-17-33(30)2)37-29(38-28(21)24-12-10-23(19-34)11-13-24)25-14-8-22(9-15-25)18-32-40(35,36)26-6-4-3-5-7-26/h3-17,21,27-29,32,34H,18-20H2,1-2H3/t21-,27+,28+,29+/m0/s1. The van der Waals surface area contributed by atoms with Gasteiger partial charge in [0.25, 0.3) is 0 Å². The third-order valence-electron chi connectivity index (χ3n) is 7.05.